The summed E-state index contributed by atoms with van der Waals surface area (Å²) >= 11 is 0. The van der Waals surface area contributed by atoms with Gasteiger partial charge in [-0.2, -0.15) is 0 Å². The Bertz CT molecular complexity index is 678. The smallest absolute Gasteiger partial charge is 0.212 e. The standard InChI is InChI=1S/C18H23N5O/c1-24-17-5-2-14(12-20-17)13-22-8-10-23(11-9-22)16-6-7-19-18(21-16)15-3-4-15/h2,5-7,12,15H,3-4,8-11,13H2,1H3. The maximum Gasteiger partial charge on any atom is 0.212 e. The van der Waals surface area contributed by atoms with Gasteiger partial charge in [0.05, 0.1) is 7.11 Å². The molecular formula is C18H23N5O. The van der Waals surface area contributed by atoms with Crippen molar-refractivity contribution >= 4 is 5.82 Å². The van der Waals surface area contributed by atoms with Crippen molar-refractivity contribution in [2.24, 2.45) is 0 Å². The minimum absolute atomic E-state index is 0.605. The van der Waals surface area contributed by atoms with E-state index in [4.69, 9.17) is 9.72 Å². The summed E-state index contributed by atoms with van der Waals surface area (Å²) in [6.07, 6.45) is 6.29. The molecule has 24 heavy (non-hydrogen) atoms. The van der Waals surface area contributed by atoms with Crippen LogP contribution in [0, 0.1) is 0 Å². The van der Waals surface area contributed by atoms with Crippen LogP contribution in [-0.4, -0.2) is 53.1 Å². The summed E-state index contributed by atoms with van der Waals surface area (Å²) in [5, 5.41) is 0. The summed E-state index contributed by atoms with van der Waals surface area (Å²) in [5.41, 5.74) is 1.22. The van der Waals surface area contributed by atoms with E-state index in [0.29, 0.717) is 11.8 Å². The Hall–Kier alpha value is -2.21. The lowest BCUT2D eigenvalue weighted by atomic mass is 10.2. The molecule has 0 aromatic carbocycles. The number of methoxy groups -OCH3 is 1. The average molecular weight is 325 g/mol. The van der Waals surface area contributed by atoms with E-state index in [1.165, 1.54) is 18.4 Å². The molecule has 0 bridgehead atoms. The van der Waals surface area contributed by atoms with Crippen molar-refractivity contribution in [1.29, 1.82) is 0 Å². The molecule has 6 heteroatoms. The number of anilines is 1. The molecule has 4 rings (SSSR count). The Morgan fingerprint density at radius 1 is 1.08 bits per heavy atom. The molecule has 6 nitrogen and oxygen atoms in total. The van der Waals surface area contributed by atoms with Gasteiger partial charge in [-0.1, -0.05) is 6.07 Å². The first-order valence-electron chi connectivity index (χ1n) is 8.61. The number of ether oxygens (including phenoxy) is 1. The van der Waals surface area contributed by atoms with Crippen molar-refractivity contribution < 1.29 is 4.74 Å². The van der Waals surface area contributed by atoms with E-state index in [2.05, 4.69) is 25.8 Å². The van der Waals surface area contributed by atoms with Crippen molar-refractivity contribution in [2.45, 2.75) is 25.3 Å². The predicted octanol–water partition coefficient (Wildman–Crippen LogP) is 2.08. The van der Waals surface area contributed by atoms with E-state index >= 15 is 0 Å². The number of pyridine rings is 1. The first kappa shape index (κ1) is 15.3. The molecule has 0 spiro atoms. The van der Waals surface area contributed by atoms with E-state index in [1.807, 2.05) is 24.5 Å². The molecule has 0 atom stereocenters. The fraction of sp³-hybridized carbons (Fsp3) is 0.500. The molecule has 2 aromatic heterocycles. The molecule has 3 heterocycles. The fourth-order valence-corrected chi connectivity index (χ4v) is 3.10. The molecular weight excluding hydrogens is 302 g/mol. The van der Waals surface area contributed by atoms with Crippen molar-refractivity contribution in [3.05, 3.63) is 42.0 Å². The third-order valence-corrected chi connectivity index (χ3v) is 4.71. The molecule has 2 aromatic rings. The average Bonchev–Trinajstić information content (AvgIpc) is 3.48. The Kier molecular flexibility index (Phi) is 4.30. The van der Waals surface area contributed by atoms with Gasteiger partial charge in [-0.05, 0) is 24.5 Å². The van der Waals surface area contributed by atoms with Gasteiger partial charge in [-0.3, -0.25) is 4.90 Å². The Morgan fingerprint density at radius 2 is 1.92 bits per heavy atom. The van der Waals surface area contributed by atoms with Crippen LogP contribution < -0.4 is 9.64 Å². The SMILES string of the molecule is COc1ccc(CN2CCN(c3ccnc(C4CC4)n3)CC2)cn1. The van der Waals surface area contributed by atoms with Crippen molar-refractivity contribution in [2.75, 3.05) is 38.2 Å². The van der Waals surface area contributed by atoms with Crippen molar-refractivity contribution in [3.8, 4) is 5.88 Å². The second-order valence-corrected chi connectivity index (χ2v) is 6.52. The minimum atomic E-state index is 0.605. The first-order chi connectivity index (χ1) is 11.8. The summed E-state index contributed by atoms with van der Waals surface area (Å²) in [4.78, 5) is 18.3. The molecule has 1 aliphatic carbocycles. The van der Waals surface area contributed by atoms with Gasteiger partial charge in [0.25, 0.3) is 0 Å². The van der Waals surface area contributed by atoms with Gasteiger partial charge in [-0.15, -0.1) is 0 Å². The van der Waals surface area contributed by atoms with Gasteiger partial charge in [0.15, 0.2) is 0 Å². The summed E-state index contributed by atoms with van der Waals surface area (Å²) in [6.45, 7) is 5.01. The van der Waals surface area contributed by atoms with Crippen LogP contribution in [-0.2, 0) is 6.54 Å². The highest BCUT2D eigenvalue weighted by Gasteiger charge is 2.27. The lowest BCUT2D eigenvalue weighted by Gasteiger charge is -2.35. The zero-order valence-electron chi connectivity index (χ0n) is 14.1. The molecule has 2 aliphatic rings. The summed E-state index contributed by atoms with van der Waals surface area (Å²) in [5.74, 6) is 3.38. The minimum Gasteiger partial charge on any atom is -0.481 e. The van der Waals surface area contributed by atoms with Crippen molar-refractivity contribution in [3.63, 3.8) is 0 Å². The molecule has 2 fully saturated rings. The number of piperazine rings is 1. The number of aromatic nitrogens is 3. The number of hydrogen-bond donors (Lipinski definition) is 0. The van der Waals surface area contributed by atoms with E-state index in [0.717, 1.165) is 44.4 Å². The van der Waals surface area contributed by atoms with Gasteiger partial charge in [0, 0.05) is 57.1 Å². The van der Waals surface area contributed by atoms with Crippen LogP contribution in [0.5, 0.6) is 5.88 Å². The normalized spacial score (nSPS) is 18.6. The van der Waals surface area contributed by atoms with Crippen molar-refractivity contribution in [1.82, 2.24) is 19.9 Å². The lowest BCUT2D eigenvalue weighted by Crippen LogP contribution is -2.46. The third kappa shape index (κ3) is 3.48. The highest BCUT2D eigenvalue weighted by molar-refractivity contribution is 5.38. The van der Waals surface area contributed by atoms with E-state index in [1.54, 1.807) is 7.11 Å². The molecule has 1 saturated heterocycles. The summed E-state index contributed by atoms with van der Waals surface area (Å²) < 4.78 is 5.11. The van der Waals surface area contributed by atoms with Gasteiger partial charge in [0.1, 0.15) is 11.6 Å². The second-order valence-electron chi connectivity index (χ2n) is 6.52. The third-order valence-electron chi connectivity index (χ3n) is 4.71. The maximum absolute atomic E-state index is 5.11. The zero-order chi connectivity index (χ0) is 16.4. The summed E-state index contributed by atoms with van der Waals surface area (Å²) in [6, 6.07) is 6.05. The van der Waals surface area contributed by atoms with E-state index in [-0.39, 0.29) is 0 Å². The van der Waals surface area contributed by atoms with Crippen LogP contribution in [0.2, 0.25) is 0 Å². The topological polar surface area (TPSA) is 54.4 Å². The maximum atomic E-state index is 5.11. The van der Waals surface area contributed by atoms with Gasteiger partial charge < -0.3 is 9.64 Å². The van der Waals surface area contributed by atoms with Gasteiger partial charge in [0.2, 0.25) is 5.88 Å². The quantitative estimate of drug-likeness (QED) is 0.839. The Morgan fingerprint density at radius 3 is 2.58 bits per heavy atom. The van der Waals surface area contributed by atoms with Crippen LogP contribution in [0.25, 0.3) is 0 Å². The predicted molar refractivity (Wildman–Crippen MR) is 92.3 cm³/mol. The number of nitrogens with zero attached hydrogens (tertiary/aromatic N) is 5. The van der Waals surface area contributed by atoms with Crippen LogP contribution in [0.15, 0.2) is 30.6 Å². The highest BCUT2D eigenvalue weighted by Crippen LogP contribution is 2.38. The largest absolute Gasteiger partial charge is 0.481 e. The lowest BCUT2D eigenvalue weighted by molar-refractivity contribution is 0.249. The fourth-order valence-electron chi connectivity index (χ4n) is 3.10. The van der Waals surface area contributed by atoms with Gasteiger partial charge in [-0.25, -0.2) is 15.0 Å². The van der Waals surface area contributed by atoms with E-state index in [9.17, 15) is 0 Å². The molecule has 0 amide bonds. The zero-order valence-corrected chi connectivity index (χ0v) is 14.1. The Balaban J connectivity index is 1.33. The van der Waals surface area contributed by atoms with Crippen LogP contribution in [0.4, 0.5) is 5.82 Å². The highest BCUT2D eigenvalue weighted by atomic mass is 16.5. The molecule has 1 saturated carbocycles. The number of hydrogen-bond acceptors (Lipinski definition) is 6. The first-order valence-corrected chi connectivity index (χ1v) is 8.61. The van der Waals surface area contributed by atoms with E-state index < -0.39 is 0 Å². The van der Waals surface area contributed by atoms with Gasteiger partial charge >= 0.3 is 0 Å². The molecule has 1 aliphatic heterocycles. The molecule has 0 radical (unpaired) electrons. The Labute approximate surface area is 142 Å². The molecule has 0 N–H and O–H groups in total. The second kappa shape index (κ2) is 6.73. The van der Waals surface area contributed by atoms with Crippen LogP contribution in [0.3, 0.4) is 0 Å². The molecule has 0 unspecified atom stereocenters. The molecule has 126 valence electrons. The van der Waals surface area contributed by atoms with Crippen LogP contribution in [0.1, 0.15) is 30.1 Å². The summed E-state index contributed by atoms with van der Waals surface area (Å²) in [7, 11) is 1.64. The van der Waals surface area contributed by atoms with Crippen LogP contribution >= 0.6 is 0 Å². The number of rotatable bonds is 5. The monoisotopic (exact) mass is 325 g/mol.